The van der Waals surface area contributed by atoms with Crippen molar-refractivity contribution in [2.24, 2.45) is 5.73 Å². The van der Waals surface area contributed by atoms with Crippen LogP contribution in [0.1, 0.15) is 53.3 Å². The maximum atomic E-state index is 13.3. The van der Waals surface area contributed by atoms with Crippen LogP contribution in [0.2, 0.25) is 0 Å². The Balaban J connectivity index is 0.00000289. The van der Waals surface area contributed by atoms with E-state index in [1.54, 1.807) is 0 Å². The van der Waals surface area contributed by atoms with Gasteiger partial charge in [-0.2, -0.15) is 0 Å². The summed E-state index contributed by atoms with van der Waals surface area (Å²) in [5.41, 5.74) is 7.87. The van der Waals surface area contributed by atoms with Crippen LogP contribution in [0.5, 0.6) is 5.75 Å². The summed E-state index contributed by atoms with van der Waals surface area (Å²) in [6.45, 7) is 3.93. The summed E-state index contributed by atoms with van der Waals surface area (Å²) in [6, 6.07) is 15.7. The SMILES string of the molecule is Cc1ccc(OCCN)c(C(=O)N2CCC3(CC2)C[C@H](O)C[C@H](c2ccccc2)O3)c1.Cl. The lowest BCUT2D eigenvalue weighted by Crippen LogP contribution is -2.52. The first-order chi connectivity index (χ1) is 15.0. The normalized spacial score (nSPS) is 22.3. The molecule has 1 amide bonds. The van der Waals surface area contributed by atoms with Crippen LogP contribution in [0.3, 0.4) is 0 Å². The van der Waals surface area contributed by atoms with Crippen molar-refractivity contribution in [3.8, 4) is 5.75 Å². The first-order valence-electron chi connectivity index (χ1n) is 11.1. The first kappa shape index (κ1) is 24.5. The number of amides is 1. The van der Waals surface area contributed by atoms with Crippen LogP contribution in [0.25, 0.3) is 0 Å². The van der Waals surface area contributed by atoms with E-state index in [-0.39, 0.29) is 30.0 Å². The van der Waals surface area contributed by atoms with Gasteiger partial charge < -0.3 is 25.2 Å². The number of benzene rings is 2. The number of piperidine rings is 1. The van der Waals surface area contributed by atoms with Crippen molar-refractivity contribution in [2.45, 2.75) is 50.4 Å². The summed E-state index contributed by atoms with van der Waals surface area (Å²) in [4.78, 5) is 15.2. The molecule has 2 heterocycles. The molecule has 0 aliphatic carbocycles. The second kappa shape index (κ2) is 10.7. The van der Waals surface area contributed by atoms with Crippen molar-refractivity contribution in [3.05, 3.63) is 65.2 Å². The van der Waals surface area contributed by atoms with Crippen LogP contribution >= 0.6 is 12.4 Å². The lowest BCUT2D eigenvalue weighted by atomic mass is 9.80. The van der Waals surface area contributed by atoms with Crippen molar-refractivity contribution < 1.29 is 19.4 Å². The van der Waals surface area contributed by atoms with Gasteiger partial charge in [0.1, 0.15) is 12.4 Å². The Morgan fingerprint density at radius 2 is 1.94 bits per heavy atom. The highest BCUT2D eigenvalue weighted by atomic mass is 35.5. The molecular weight excluding hydrogens is 428 g/mol. The van der Waals surface area contributed by atoms with Crippen LogP contribution in [0.4, 0.5) is 0 Å². The molecule has 0 bridgehead atoms. The Hall–Kier alpha value is -2.12. The number of aliphatic hydroxyl groups excluding tert-OH is 1. The Kier molecular flexibility index (Phi) is 8.17. The summed E-state index contributed by atoms with van der Waals surface area (Å²) < 4.78 is 12.3. The van der Waals surface area contributed by atoms with Gasteiger partial charge in [-0.1, -0.05) is 42.0 Å². The number of hydrogen-bond acceptors (Lipinski definition) is 5. The summed E-state index contributed by atoms with van der Waals surface area (Å²) in [7, 11) is 0. The molecule has 0 radical (unpaired) electrons. The number of aliphatic hydroxyl groups is 1. The standard InChI is InChI=1S/C25H32N2O4.ClH/c1-18-7-8-22(30-14-11-26)21(15-18)24(29)27-12-9-25(10-13-27)17-20(28)16-23(31-25)19-5-3-2-4-6-19;/h2-8,15,20,23,28H,9-14,16-17,26H2,1H3;1H/t20-,23-;/m1./s1. The fourth-order valence-corrected chi connectivity index (χ4v) is 4.75. The molecule has 2 aliphatic heterocycles. The molecule has 1 spiro atoms. The number of aryl methyl sites for hydroxylation is 1. The van der Waals surface area contributed by atoms with Crippen molar-refractivity contribution in [1.82, 2.24) is 4.90 Å². The zero-order valence-electron chi connectivity index (χ0n) is 18.5. The zero-order chi connectivity index (χ0) is 21.8. The summed E-state index contributed by atoms with van der Waals surface area (Å²) >= 11 is 0. The number of nitrogens with two attached hydrogens (primary N) is 1. The van der Waals surface area contributed by atoms with Crippen LogP contribution in [0, 0.1) is 6.92 Å². The van der Waals surface area contributed by atoms with E-state index in [0.29, 0.717) is 63.2 Å². The average Bonchev–Trinajstić information content (AvgIpc) is 2.78. The van der Waals surface area contributed by atoms with E-state index in [2.05, 4.69) is 12.1 Å². The van der Waals surface area contributed by atoms with Gasteiger partial charge in [-0.3, -0.25) is 4.79 Å². The number of rotatable bonds is 5. The Labute approximate surface area is 196 Å². The second-order valence-electron chi connectivity index (χ2n) is 8.72. The number of hydrogen-bond donors (Lipinski definition) is 2. The number of carbonyl (C=O) groups excluding carboxylic acids is 1. The van der Waals surface area contributed by atoms with Gasteiger partial charge in [-0.15, -0.1) is 12.4 Å². The van der Waals surface area contributed by atoms with Crippen LogP contribution in [-0.2, 0) is 4.74 Å². The van der Waals surface area contributed by atoms with Gasteiger partial charge in [0, 0.05) is 32.5 Å². The Morgan fingerprint density at radius 3 is 2.62 bits per heavy atom. The van der Waals surface area contributed by atoms with E-state index in [9.17, 15) is 9.90 Å². The number of carbonyl (C=O) groups is 1. The van der Waals surface area contributed by atoms with Crippen LogP contribution in [0.15, 0.2) is 48.5 Å². The highest BCUT2D eigenvalue weighted by Crippen LogP contribution is 2.43. The molecule has 2 saturated heterocycles. The lowest BCUT2D eigenvalue weighted by molar-refractivity contribution is -0.181. The third-order valence-corrected chi connectivity index (χ3v) is 6.36. The van der Waals surface area contributed by atoms with Gasteiger partial charge >= 0.3 is 0 Å². The van der Waals surface area contributed by atoms with Crippen molar-refractivity contribution in [1.29, 1.82) is 0 Å². The average molecular weight is 461 g/mol. The molecule has 4 rings (SSSR count). The van der Waals surface area contributed by atoms with Crippen LogP contribution in [-0.4, -0.2) is 53.9 Å². The number of ether oxygens (including phenoxy) is 2. The van der Waals surface area contributed by atoms with E-state index in [0.717, 1.165) is 11.1 Å². The van der Waals surface area contributed by atoms with Crippen molar-refractivity contribution in [2.75, 3.05) is 26.2 Å². The predicted molar refractivity (Wildman–Crippen MR) is 126 cm³/mol. The van der Waals surface area contributed by atoms with Gasteiger partial charge in [-0.25, -0.2) is 0 Å². The molecule has 2 fully saturated rings. The molecule has 2 atom stereocenters. The maximum absolute atomic E-state index is 13.3. The molecule has 0 aromatic heterocycles. The van der Waals surface area contributed by atoms with Gasteiger partial charge in [0.25, 0.3) is 5.91 Å². The quantitative estimate of drug-likeness (QED) is 0.711. The Morgan fingerprint density at radius 1 is 1.22 bits per heavy atom. The smallest absolute Gasteiger partial charge is 0.257 e. The van der Waals surface area contributed by atoms with E-state index in [1.165, 1.54) is 0 Å². The number of halogens is 1. The molecule has 2 aliphatic rings. The van der Waals surface area contributed by atoms with E-state index < -0.39 is 6.10 Å². The molecule has 7 heteroatoms. The van der Waals surface area contributed by atoms with E-state index in [4.69, 9.17) is 15.2 Å². The third-order valence-electron chi connectivity index (χ3n) is 6.36. The second-order valence-corrected chi connectivity index (χ2v) is 8.72. The van der Waals surface area contributed by atoms with Crippen molar-refractivity contribution >= 4 is 18.3 Å². The van der Waals surface area contributed by atoms with E-state index >= 15 is 0 Å². The minimum atomic E-state index is -0.394. The summed E-state index contributed by atoms with van der Waals surface area (Å²) in [6.07, 6.45) is 2.15. The molecule has 6 nitrogen and oxygen atoms in total. The van der Waals surface area contributed by atoms with Gasteiger partial charge in [0.15, 0.2) is 0 Å². The highest BCUT2D eigenvalue weighted by Gasteiger charge is 2.44. The minimum absolute atomic E-state index is 0. The van der Waals surface area contributed by atoms with Gasteiger partial charge in [0.05, 0.1) is 23.4 Å². The van der Waals surface area contributed by atoms with Gasteiger partial charge in [-0.05, 0) is 37.5 Å². The largest absolute Gasteiger partial charge is 0.491 e. The molecule has 32 heavy (non-hydrogen) atoms. The van der Waals surface area contributed by atoms with Crippen LogP contribution < -0.4 is 10.5 Å². The summed E-state index contributed by atoms with van der Waals surface area (Å²) in [5, 5.41) is 10.6. The molecule has 2 aromatic rings. The molecule has 2 aromatic carbocycles. The number of likely N-dealkylation sites (tertiary alicyclic amines) is 1. The zero-order valence-corrected chi connectivity index (χ0v) is 19.4. The Bertz CT molecular complexity index is 900. The summed E-state index contributed by atoms with van der Waals surface area (Å²) in [5.74, 6) is 0.552. The molecule has 0 unspecified atom stereocenters. The molecular formula is C25H33ClN2O4. The number of nitrogens with zero attached hydrogens (tertiary/aromatic N) is 1. The third kappa shape index (κ3) is 5.44. The maximum Gasteiger partial charge on any atom is 0.257 e. The molecule has 3 N–H and O–H groups in total. The van der Waals surface area contributed by atoms with E-state index in [1.807, 2.05) is 48.2 Å². The minimum Gasteiger partial charge on any atom is -0.491 e. The molecule has 174 valence electrons. The van der Waals surface area contributed by atoms with Gasteiger partial charge in [0.2, 0.25) is 0 Å². The fraction of sp³-hybridized carbons (Fsp3) is 0.480. The lowest BCUT2D eigenvalue weighted by Gasteiger charge is -2.48. The topological polar surface area (TPSA) is 85.0 Å². The predicted octanol–water partition coefficient (Wildman–Crippen LogP) is 3.64. The first-order valence-corrected chi connectivity index (χ1v) is 11.1. The highest BCUT2D eigenvalue weighted by molar-refractivity contribution is 5.97. The monoisotopic (exact) mass is 460 g/mol. The fourth-order valence-electron chi connectivity index (χ4n) is 4.75. The van der Waals surface area contributed by atoms with Crippen molar-refractivity contribution in [3.63, 3.8) is 0 Å². The molecule has 0 saturated carbocycles.